The van der Waals surface area contributed by atoms with Gasteiger partial charge in [0.15, 0.2) is 0 Å². The quantitative estimate of drug-likeness (QED) is 0.312. The predicted octanol–water partition coefficient (Wildman–Crippen LogP) is 6.56. The Labute approximate surface area is 165 Å². The molecule has 0 unspecified atom stereocenters. The SMILES string of the molecule is CC/C=C\CCOc1ccc(-c2ccc(-c3nnc(CCC)s3)cc2)cc1. The molecule has 0 amide bonds. The van der Waals surface area contributed by atoms with E-state index in [0.29, 0.717) is 6.61 Å². The molecule has 0 spiro atoms. The number of hydrogen-bond acceptors (Lipinski definition) is 4. The molecule has 0 aliphatic carbocycles. The van der Waals surface area contributed by atoms with E-state index in [2.05, 4.69) is 72.6 Å². The van der Waals surface area contributed by atoms with Crippen LogP contribution in [-0.4, -0.2) is 16.8 Å². The van der Waals surface area contributed by atoms with E-state index in [0.717, 1.165) is 47.0 Å². The molecule has 0 fully saturated rings. The minimum Gasteiger partial charge on any atom is -0.493 e. The smallest absolute Gasteiger partial charge is 0.147 e. The maximum absolute atomic E-state index is 5.78. The van der Waals surface area contributed by atoms with E-state index in [1.54, 1.807) is 11.3 Å². The summed E-state index contributed by atoms with van der Waals surface area (Å²) in [7, 11) is 0. The highest BCUT2D eigenvalue weighted by Gasteiger charge is 2.07. The lowest BCUT2D eigenvalue weighted by Gasteiger charge is -2.07. The lowest BCUT2D eigenvalue weighted by atomic mass is 10.0. The third-order valence-electron chi connectivity index (χ3n) is 4.21. The molecule has 0 bridgehead atoms. The van der Waals surface area contributed by atoms with E-state index in [1.807, 2.05) is 12.1 Å². The second-order valence-electron chi connectivity index (χ2n) is 6.37. The molecular formula is C23H26N2OS. The largest absolute Gasteiger partial charge is 0.493 e. The fourth-order valence-electron chi connectivity index (χ4n) is 2.76. The van der Waals surface area contributed by atoms with Crippen molar-refractivity contribution >= 4 is 11.3 Å². The molecular weight excluding hydrogens is 352 g/mol. The molecule has 1 aromatic heterocycles. The Balaban J connectivity index is 1.61. The van der Waals surface area contributed by atoms with E-state index < -0.39 is 0 Å². The summed E-state index contributed by atoms with van der Waals surface area (Å²) in [6, 6.07) is 16.8. The normalized spacial score (nSPS) is 11.2. The maximum atomic E-state index is 5.78. The molecule has 3 nitrogen and oxygen atoms in total. The molecule has 140 valence electrons. The minimum absolute atomic E-state index is 0.715. The van der Waals surface area contributed by atoms with Crippen molar-refractivity contribution in [2.24, 2.45) is 0 Å². The van der Waals surface area contributed by atoms with Crippen molar-refractivity contribution in [2.75, 3.05) is 6.61 Å². The van der Waals surface area contributed by atoms with Crippen LogP contribution in [0.5, 0.6) is 5.75 Å². The molecule has 2 aromatic carbocycles. The fraction of sp³-hybridized carbons (Fsp3) is 0.304. The summed E-state index contributed by atoms with van der Waals surface area (Å²) in [5.41, 5.74) is 3.50. The first kappa shape index (κ1) is 19.3. The summed E-state index contributed by atoms with van der Waals surface area (Å²) in [5.74, 6) is 0.914. The summed E-state index contributed by atoms with van der Waals surface area (Å²) >= 11 is 1.68. The first-order chi connectivity index (χ1) is 13.3. The van der Waals surface area contributed by atoms with Crippen LogP contribution in [0.15, 0.2) is 60.7 Å². The zero-order valence-corrected chi connectivity index (χ0v) is 16.8. The first-order valence-corrected chi connectivity index (χ1v) is 10.4. The molecule has 0 aliphatic heterocycles. The molecule has 0 radical (unpaired) electrons. The second kappa shape index (κ2) is 10.0. The van der Waals surface area contributed by atoms with Gasteiger partial charge in [0.25, 0.3) is 0 Å². The number of ether oxygens (including phenoxy) is 1. The van der Waals surface area contributed by atoms with Crippen LogP contribution in [0.3, 0.4) is 0 Å². The molecule has 0 saturated carbocycles. The molecule has 1 heterocycles. The zero-order chi connectivity index (χ0) is 18.9. The van der Waals surface area contributed by atoms with Gasteiger partial charge in [0.2, 0.25) is 0 Å². The van der Waals surface area contributed by atoms with Crippen LogP contribution in [0.1, 0.15) is 38.1 Å². The number of hydrogen-bond donors (Lipinski definition) is 0. The summed E-state index contributed by atoms with van der Waals surface area (Å²) in [5, 5.41) is 10.7. The van der Waals surface area contributed by atoms with Gasteiger partial charge in [-0.1, -0.05) is 73.7 Å². The zero-order valence-electron chi connectivity index (χ0n) is 16.0. The topological polar surface area (TPSA) is 35.0 Å². The van der Waals surface area contributed by atoms with Gasteiger partial charge in [-0.05, 0) is 42.5 Å². The van der Waals surface area contributed by atoms with Crippen molar-refractivity contribution in [3.8, 4) is 27.4 Å². The third-order valence-corrected chi connectivity index (χ3v) is 5.24. The van der Waals surface area contributed by atoms with Crippen molar-refractivity contribution < 1.29 is 4.74 Å². The van der Waals surface area contributed by atoms with Gasteiger partial charge in [-0.25, -0.2) is 0 Å². The van der Waals surface area contributed by atoms with Gasteiger partial charge < -0.3 is 4.74 Å². The lowest BCUT2D eigenvalue weighted by Crippen LogP contribution is -1.95. The fourth-order valence-corrected chi connectivity index (χ4v) is 3.71. The Bertz CT molecular complexity index is 851. The number of allylic oxidation sites excluding steroid dienone is 1. The number of rotatable bonds is 9. The molecule has 3 rings (SSSR count). The van der Waals surface area contributed by atoms with Gasteiger partial charge in [-0.2, -0.15) is 0 Å². The highest BCUT2D eigenvalue weighted by Crippen LogP contribution is 2.28. The van der Waals surface area contributed by atoms with Crippen LogP contribution in [-0.2, 0) is 6.42 Å². The van der Waals surface area contributed by atoms with Gasteiger partial charge in [0, 0.05) is 12.0 Å². The van der Waals surface area contributed by atoms with E-state index in [1.165, 1.54) is 11.1 Å². The van der Waals surface area contributed by atoms with Gasteiger partial charge in [0.1, 0.15) is 15.8 Å². The molecule has 3 aromatic rings. The van der Waals surface area contributed by atoms with E-state index in [9.17, 15) is 0 Å². The Morgan fingerprint density at radius 2 is 1.52 bits per heavy atom. The summed E-state index contributed by atoms with van der Waals surface area (Å²) in [6.45, 7) is 5.02. The van der Waals surface area contributed by atoms with Gasteiger partial charge in [-0.15, -0.1) is 10.2 Å². The van der Waals surface area contributed by atoms with Crippen LogP contribution >= 0.6 is 11.3 Å². The second-order valence-corrected chi connectivity index (χ2v) is 7.43. The van der Waals surface area contributed by atoms with Gasteiger partial charge in [0.05, 0.1) is 6.61 Å². The van der Waals surface area contributed by atoms with Crippen LogP contribution in [0.2, 0.25) is 0 Å². The Morgan fingerprint density at radius 3 is 2.19 bits per heavy atom. The highest BCUT2D eigenvalue weighted by molar-refractivity contribution is 7.14. The molecule has 0 saturated heterocycles. The van der Waals surface area contributed by atoms with Gasteiger partial charge in [-0.3, -0.25) is 0 Å². The number of nitrogens with zero attached hydrogens (tertiary/aromatic N) is 2. The number of aryl methyl sites for hydroxylation is 1. The standard InChI is InChI=1S/C23H26N2OS/c1-3-5-6-7-17-26-21-15-13-19(14-16-21)18-9-11-20(12-10-18)23-25-24-22(27-23)8-4-2/h5-6,9-16H,3-4,7-8,17H2,1-2H3/b6-5-. The predicted molar refractivity (Wildman–Crippen MR) is 114 cm³/mol. The third kappa shape index (κ3) is 5.51. The number of aromatic nitrogens is 2. The van der Waals surface area contributed by atoms with Crippen molar-refractivity contribution in [1.82, 2.24) is 10.2 Å². The summed E-state index contributed by atoms with van der Waals surface area (Å²) in [4.78, 5) is 0. The Hall–Kier alpha value is -2.46. The molecule has 0 N–H and O–H groups in total. The van der Waals surface area contributed by atoms with E-state index >= 15 is 0 Å². The van der Waals surface area contributed by atoms with Gasteiger partial charge >= 0.3 is 0 Å². The summed E-state index contributed by atoms with van der Waals surface area (Å²) < 4.78 is 5.78. The first-order valence-electron chi connectivity index (χ1n) is 9.61. The van der Waals surface area contributed by atoms with Crippen LogP contribution in [0, 0.1) is 0 Å². The van der Waals surface area contributed by atoms with Crippen LogP contribution in [0.4, 0.5) is 0 Å². The van der Waals surface area contributed by atoms with E-state index in [4.69, 9.17) is 4.74 Å². The van der Waals surface area contributed by atoms with Crippen molar-refractivity contribution in [3.05, 3.63) is 65.7 Å². The monoisotopic (exact) mass is 378 g/mol. The molecule has 4 heteroatoms. The summed E-state index contributed by atoms with van der Waals surface area (Å²) in [6.07, 6.45) is 8.46. The Morgan fingerprint density at radius 1 is 0.852 bits per heavy atom. The van der Waals surface area contributed by atoms with Crippen LogP contribution in [0.25, 0.3) is 21.7 Å². The minimum atomic E-state index is 0.715. The van der Waals surface area contributed by atoms with Crippen molar-refractivity contribution in [2.45, 2.75) is 39.5 Å². The average Bonchev–Trinajstić information content (AvgIpc) is 3.17. The van der Waals surface area contributed by atoms with E-state index in [-0.39, 0.29) is 0 Å². The van der Waals surface area contributed by atoms with Crippen molar-refractivity contribution in [1.29, 1.82) is 0 Å². The molecule has 0 aliphatic rings. The maximum Gasteiger partial charge on any atom is 0.147 e. The Kier molecular flexibility index (Phi) is 7.17. The number of benzene rings is 2. The average molecular weight is 379 g/mol. The molecule has 0 atom stereocenters. The molecule has 27 heavy (non-hydrogen) atoms. The lowest BCUT2D eigenvalue weighted by molar-refractivity contribution is 0.325. The highest BCUT2D eigenvalue weighted by atomic mass is 32.1. The van der Waals surface area contributed by atoms with Crippen molar-refractivity contribution in [3.63, 3.8) is 0 Å². The van der Waals surface area contributed by atoms with Crippen LogP contribution < -0.4 is 4.74 Å².